The maximum absolute atomic E-state index is 12.5. The van der Waals surface area contributed by atoms with Crippen LogP contribution >= 0.6 is 23.1 Å². The lowest BCUT2D eigenvalue weighted by Crippen LogP contribution is -2.15. The Morgan fingerprint density at radius 1 is 1.09 bits per heavy atom. The third-order valence-electron chi connectivity index (χ3n) is 5.26. The van der Waals surface area contributed by atoms with Gasteiger partial charge in [0.05, 0.1) is 18.4 Å². The summed E-state index contributed by atoms with van der Waals surface area (Å²) >= 11 is 2.92. The summed E-state index contributed by atoms with van der Waals surface area (Å²) in [6.07, 6.45) is 0.767. The highest BCUT2D eigenvalue weighted by Crippen LogP contribution is 2.34. The molecule has 0 aliphatic heterocycles. The summed E-state index contributed by atoms with van der Waals surface area (Å²) in [5.74, 6) is 1.88. The fraction of sp³-hybridized carbons (Fsp3) is 0.208. The zero-order chi connectivity index (χ0) is 23.7. The smallest absolute Gasteiger partial charge is 0.275 e. The van der Waals surface area contributed by atoms with Gasteiger partial charge in [-0.15, -0.1) is 10.2 Å². The molecule has 0 N–H and O–H groups in total. The number of ether oxygens (including phenoxy) is 1. The molecule has 172 valence electrons. The summed E-state index contributed by atoms with van der Waals surface area (Å²) in [6.45, 7) is 4.06. The SMILES string of the molecule is CCc1nn2c(=O)cc(CSc3nnc(-c4ccccc4OC)n3-c3ccc(C)cc3)nc2s1. The summed E-state index contributed by atoms with van der Waals surface area (Å²) in [5.41, 5.74) is 3.46. The second kappa shape index (κ2) is 9.40. The van der Waals surface area contributed by atoms with Crippen LogP contribution < -0.4 is 10.3 Å². The maximum atomic E-state index is 12.5. The van der Waals surface area contributed by atoms with E-state index in [1.165, 1.54) is 39.2 Å². The van der Waals surface area contributed by atoms with Crippen LogP contribution in [-0.2, 0) is 12.2 Å². The normalized spacial score (nSPS) is 11.3. The monoisotopic (exact) mass is 490 g/mol. The lowest BCUT2D eigenvalue weighted by atomic mass is 10.1. The fourth-order valence-corrected chi connectivity index (χ4v) is 5.25. The molecule has 0 atom stereocenters. The number of rotatable bonds is 7. The van der Waals surface area contributed by atoms with Crippen molar-refractivity contribution in [1.29, 1.82) is 0 Å². The number of thioether (sulfide) groups is 1. The third kappa shape index (κ3) is 4.22. The lowest BCUT2D eigenvalue weighted by molar-refractivity contribution is 0.416. The third-order valence-corrected chi connectivity index (χ3v) is 7.28. The van der Waals surface area contributed by atoms with E-state index < -0.39 is 0 Å². The van der Waals surface area contributed by atoms with E-state index in [1.807, 2.05) is 47.9 Å². The van der Waals surface area contributed by atoms with Gasteiger partial charge in [-0.3, -0.25) is 9.36 Å². The Morgan fingerprint density at radius 2 is 1.88 bits per heavy atom. The number of nitrogens with zero attached hydrogens (tertiary/aromatic N) is 6. The van der Waals surface area contributed by atoms with Gasteiger partial charge in [0.25, 0.3) is 5.56 Å². The zero-order valence-corrected chi connectivity index (χ0v) is 20.6. The van der Waals surface area contributed by atoms with Crippen LogP contribution in [0.25, 0.3) is 22.0 Å². The fourth-order valence-electron chi connectivity index (χ4n) is 3.55. The van der Waals surface area contributed by atoms with Crippen LogP contribution in [0.2, 0.25) is 0 Å². The Kier molecular flexibility index (Phi) is 6.16. The number of methoxy groups -OCH3 is 1. The molecule has 3 heterocycles. The Hall–Kier alpha value is -3.50. The molecule has 2 aromatic carbocycles. The molecule has 5 aromatic rings. The van der Waals surface area contributed by atoms with Crippen molar-refractivity contribution in [3.63, 3.8) is 0 Å². The number of fused-ring (bicyclic) bond motifs is 1. The minimum absolute atomic E-state index is 0.175. The molecule has 34 heavy (non-hydrogen) atoms. The lowest BCUT2D eigenvalue weighted by Gasteiger charge is -2.12. The molecule has 0 aliphatic rings. The Bertz CT molecular complexity index is 1520. The molecule has 0 unspecified atom stereocenters. The predicted molar refractivity (Wildman–Crippen MR) is 134 cm³/mol. The zero-order valence-electron chi connectivity index (χ0n) is 18.9. The van der Waals surface area contributed by atoms with Gasteiger partial charge >= 0.3 is 0 Å². The van der Waals surface area contributed by atoms with Gasteiger partial charge in [-0.05, 0) is 37.6 Å². The van der Waals surface area contributed by atoms with Gasteiger partial charge in [0.1, 0.15) is 10.8 Å². The van der Waals surface area contributed by atoms with Crippen molar-refractivity contribution in [3.8, 4) is 22.8 Å². The molecular formula is C24H22N6O2S2. The summed E-state index contributed by atoms with van der Waals surface area (Å²) in [4.78, 5) is 17.8. The average Bonchev–Trinajstić information content (AvgIpc) is 3.47. The number of aromatic nitrogens is 6. The quantitative estimate of drug-likeness (QED) is 0.309. The van der Waals surface area contributed by atoms with Crippen molar-refractivity contribution < 1.29 is 4.74 Å². The van der Waals surface area contributed by atoms with Crippen molar-refractivity contribution in [2.75, 3.05) is 7.11 Å². The van der Waals surface area contributed by atoms with Crippen LogP contribution in [0.4, 0.5) is 0 Å². The van der Waals surface area contributed by atoms with Crippen LogP contribution in [-0.4, -0.2) is 36.5 Å². The summed E-state index contributed by atoms with van der Waals surface area (Å²) in [7, 11) is 1.64. The summed E-state index contributed by atoms with van der Waals surface area (Å²) in [6, 6.07) is 17.5. The topological polar surface area (TPSA) is 87.2 Å². The van der Waals surface area contributed by atoms with Gasteiger partial charge in [0.2, 0.25) is 4.96 Å². The first-order chi connectivity index (χ1) is 16.6. The first kappa shape index (κ1) is 22.3. The van der Waals surface area contributed by atoms with Crippen LogP contribution in [0, 0.1) is 6.92 Å². The molecule has 8 nitrogen and oxygen atoms in total. The number of hydrogen-bond donors (Lipinski definition) is 0. The first-order valence-corrected chi connectivity index (χ1v) is 12.5. The Balaban J connectivity index is 1.54. The number of para-hydroxylation sites is 1. The predicted octanol–water partition coefficient (Wildman–Crippen LogP) is 4.57. The van der Waals surface area contributed by atoms with E-state index in [-0.39, 0.29) is 5.56 Å². The molecule has 0 fully saturated rings. The van der Waals surface area contributed by atoms with E-state index in [1.54, 1.807) is 7.11 Å². The van der Waals surface area contributed by atoms with Crippen molar-refractivity contribution in [1.82, 2.24) is 29.4 Å². The van der Waals surface area contributed by atoms with Gasteiger partial charge in [0, 0.05) is 17.5 Å². The van der Waals surface area contributed by atoms with Crippen LogP contribution in [0.3, 0.4) is 0 Å². The van der Waals surface area contributed by atoms with E-state index in [2.05, 4.69) is 39.3 Å². The minimum atomic E-state index is -0.175. The maximum Gasteiger partial charge on any atom is 0.275 e. The second-order valence-corrected chi connectivity index (χ2v) is 9.58. The van der Waals surface area contributed by atoms with Crippen molar-refractivity contribution >= 4 is 28.1 Å². The first-order valence-electron chi connectivity index (χ1n) is 10.7. The van der Waals surface area contributed by atoms with E-state index in [0.717, 1.165) is 28.4 Å². The molecule has 0 amide bonds. The van der Waals surface area contributed by atoms with E-state index in [9.17, 15) is 4.79 Å². The highest BCUT2D eigenvalue weighted by Gasteiger charge is 2.19. The summed E-state index contributed by atoms with van der Waals surface area (Å²) in [5, 5.41) is 14.9. The van der Waals surface area contributed by atoms with Gasteiger partial charge in [0.15, 0.2) is 11.0 Å². The van der Waals surface area contributed by atoms with Crippen molar-refractivity contribution in [2.45, 2.75) is 31.2 Å². The van der Waals surface area contributed by atoms with Crippen LogP contribution in [0.1, 0.15) is 23.2 Å². The van der Waals surface area contributed by atoms with Gasteiger partial charge in [-0.25, -0.2) is 4.98 Å². The second-order valence-electron chi connectivity index (χ2n) is 7.60. The molecular weight excluding hydrogens is 468 g/mol. The van der Waals surface area contributed by atoms with Gasteiger partial charge in [-0.2, -0.15) is 9.61 Å². The molecule has 0 saturated carbocycles. The standard InChI is InChI=1S/C24H22N6O2S2/c1-4-20-28-30-21(31)13-16(25-23(30)34-20)14-33-24-27-26-22(18-7-5-6-8-19(18)32-3)29(24)17-11-9-15(2)10-12-17/h5-13H,4,14H2,1-3H3. The van der Waals surface area contributed by atoms with Crippen molar-refractivity contribution in [2.24, 2.45) is 0 Å². The number of hydrogen-bond acceptors (Lipinski definition) is 8. The highest BCUT2D eigenvalue weighted by molar-refractivity contribution is 7.98. The number of aryl methyl sites for hydroxylation is 2. The molecule has 0 aliphatic carbocycles. The van der Waals surface area contributed by atoms with Gasteiger partial charge in [-0.1, -0.05) is 59.9 Å². The highest BCUT2D eigenvalue weighted by atomic mass is 32.2. The molecule has 0 spiro atoms. The molecule has 3 aromatic heterocycles. The van der Waals surface area contributed by atoms with Gasteiger partial charge < -0.3 is 4.74 Å². The molecule has 10 heteroatoms. The molecule has 0 radical (unpaired) electrons. The van der Waals surface area contributed by atoms with Crippen LogP contribution in [0.5, 0.6) is 5.75 Å². The Labute approximate surface area is 204 Å². The summed E-state index contributed by atoms with van der Waals surface area (Å²) < 4.78 is 8.95. The Morgan fingerprint density at radius 3 is 2.65 bits per heavy atom. The molecule has 0 saturated heterocycles. The van der Waals surface area contributed by atoms with Crippen molar-refractivity contribution in [3.05, 3.63) is 81.2 Å². The molecule has 5 rings (SSSR count). The van der Waals surface area contributed by atoms with E-state index >= 15 is 0 Å². The average molecular weight is 491 g/mol. The number of benzene rings is 2. The van der Waals surface area contributed by atoms with E-state index in [0.29, 0.717) is 27.4 Å². The minimum Gasteiger partial charge on any atom is -0.496 e. The molecule has 0 bridgehead atoms. The van der Waals surface area contributed by atoms with Crippen LogP contribution in [0.15, 0.2) is 64.5 Å². The van der Waals surface area contributed by atoms with E-state index in [4.69, 9.17) is 4.74 Å². The largest absolute Gasteiger partial charge is 0.496 e.